The summed E-state index contributed by atoms with van der Waals surface area (Å²) in [4.78, 5) is 10.7. The van der Waals surface area contributed by atoms with Crippen LogP contribution in [0.2, 0.25) is 0 Å². The van der Waals surface area contributed by atoms with Crippen LogP contribution in [0.25, 0.3) is 0 Å². The fourth-order valence-corrected chi connectivity index (χ4v) is 3.41. The molecule has 0 amide bonds. The molecule has 0 aliphatic carbocycles. The van der Waals surface area contributed by atoms with Crippen molar-refractivity contribution in [2.45, 2.75) is 110 Å². The largest absolute Gasteiger partial charge is 0.476 e. The summed E-state index contributed by atoms with van der Waals surface area (Å²) < 4.78 is 0. The molecule has 0 aromatic carbocycles. The van der Waals surface area contributed by atoms with Gasteiger partial charge in [-0.25, -0.2) is 9.80 Å². The van der Waals surface area contributed by atoms with Gasteiger partial charge >= 0.3 is 5.97 Å². The summed E-state index contributed by atoms with van der Waals surface area (Å²) in [7, 11) is 0. The van der Waals surface area contributed by atoms with E-state index in [-0.39, 0.29) is 11.5 Å². The summed E-state index contributed by atoms with van der Waals surface area (Å²) in [5, 5.41) is 21.6. The number of unbranched alkanes of at least 4 members (excludes halogenated alkanes) is 15. The molecule has 1 rings (SSSR count). The number of aliphatic carboxylic acids is 1. The van der Waals surface area contributed by atoms with Gasteiger partial charge in [-0.3, -0.25) is 5.41 Å². The van der Waals surface area contributed by atoms with Crippen LogP contribution in [0.1, 0.15) is 110 Å². The molecule has 0 radical (unpaired) electrons. The Kier molecular flexibility index (Phi) is 12.8. The zero-order valence-corrected chi connectivity index (χ0v) is 16.8. The van der Waals surface area contributed by atoms with E-state index in [2.05, 4.69) is 12.0 Å². The fourth-order valence-electron chi connectivity index (χ4n) is 3.41. The second kappa shape index (κ2) is 14.7. The van der Waals surface area contributed by atoms with Gasteiger partial charge in [-0.2, -0.15) is 5.10 Å². The minimum atomic E-state index is -1.10. The Labute approximate surface area is 159 Å². The highest BCUT2D eigenvalue weighted by atomic mass is 16.4. The number of hydrogen-bond acceptors (Lipinski definition) is 3. The molecule has 0 bridgehead atoms. The number of nitrogens with one attached hydrogen (secondary N) is 1. The average molecular weight is 366 g/mol. The second-order valence-electron chi connectivity index (χ2n) is 7.53. The summed E-state index contributed by atoms with van der Waals surface area (Å²) in [5.74, 6) is -1.04. The van der Waals surface area contributed by atoms with Crippen molar-refractivity contribution in [3.8, 4) is 0 Å². The van der Waals surface area contributed by atoms with Crippen molar-refractivity contribution in [3.63, 3.8) is 0 Å². The quantitative estimate of drug-likeness (QED) is 0.293. The van der Waals surface area contributed by atoms with E-state index in [0.717, 1.165) is 12.8 Å². The van der Waals surface area contributed by atoms with Gasteiger partial charge in [0.15, 0.2) is 5.84 Å². The minimum Gasteiger partial charge on any atom is -0.476 e. The topological polar surface area (TPSA) is 76.8 Å². The molecule has 0 saturated heterocycles. The van der Waals surface area contributed by atoms with Gasteiger partial charge in [0.2, 0.25) is 5.71 Å². The summed E-state index contributed by atoms with van der Waals surface area (Å²) in [6, 6.07) is 0. The van der Waals surface area contributed by atoms with Gasteiger partial charge < -0.3 is 5.11 Å². The number of carboxylic acids is 1. The normalized spacial score (nSPS) is 13.7. The van der Waals surface area contributed by atoms with Gasteiger partial charge in [-0.05, 0) is 6.42 Å². The van der Waals surface area contributed by atoms with E-state index >= 15 is 0 Å². The molecule has 0 fully saturated rings. The molecule has 0 atom stereocenters. The van der Waals surface area contributed by atoms with Crippen LogP contribution in [0, 0.1) is 5.41 Å². The van der Waals surface area contributed by atoms with Gasteiger partial charge in [0, 0.05) is 6.54 Å². The first kappa shape index (κ1) is 22.7. The summed E-state index contributed by atoms with van der Waals surface area (Å²) in [6.07, 6.45) is 21.4. The fraction of sp³-hybridized carbons (Fsp3) is 0.857. The molecule has 0 spiro atoms. The Bertz CT molecular complexity index is 435. The van der Waals surface area contributed by atoms with Crippen LogP contribution < -0.4 is 0 Å². The molecule has 5 heteroatoms. The molecule has 1 aliphatic heterocycles. The maximum atomic E-state index is 10.7. The first-order valence-electron chi connectivity index (χ1n) is 10.8. The van der Waals surface area contributed by atoms with Crippen molar-refractivity contribution in [2.75, 3.05) is 6.54 Å². The zero-order valence-electron chi connectivity index (χ0n) is 16.8. The Morgan fingerprint density at radius 3 is 1.54 bits per heavy atom. The van der Waals surface area contributed by atoms with Crippen LogP contribution in [0.3, 0.4) is 0 Å². The molecule has 0 aromatic heterocycles. The minimum absolute atomic E-state index is 0.0541. The SMILES string of the molecule is CCCCCCCCCCCCCCCCCCN1N=C(C(=O)O)C1=N. The maximum Gasteiger partial charge on any atom is 0.360 e. The molecule has 1 heterocycles. The Morgan fingerprint density at radius 1 is 0.808 bits per heavy atom. The molecule has 2 N–H and O–H groups in total. The molecular formula is C21H39N3O2. The first-order valence-corrected chi connectivity index (χ1v) is 10.8. The predicted octanol–water partition coefficient (Wildman–Crippen LogP) is 5.98. The third-order valence-electron chi connectivity index (χ3n) is 5.13. The molecule has 0 saturated carbocycles. The van der Waals surface area contributed by atoms with Gasteiger partial charge in [0.05, 0.1) is 0 Å². The maximum absolute atomic E-state index is 10.7. The molecule has 5 nitrogen and oxygen atoms in total. The zero-order chi connectivity index (χ0) is 19.0. The van der Waals surface area contributed by atoms with Crippen LogP contribution in [0.5, 0.6) is 0 Å². The van der Waals surface area contributed by atoms with Crippen molar-refractivity contribution < 1.29 is 9.90 Å². The lowest BCUT2D eigenvalue weighted by Gasteiger charge is -2.27. The molecule has 26 heavy (non-hydrogen) atoms. The lowest BCUT2D eigenvalue weighted by atomic mass is 10.0. The van der Waals surface area contributed by atoms with Crippen LogP contribution >= 0.6 is 0 Å². The van der Waals surface area contributed by atoms with E-state index in [0.29, 0.717) is 6.54 Å². The number of carbonyl (C=O) groups is 1. The number of carboxylic acid groups (broad SMARTS) is 1. The lowest BCUT2D eigenvalue weighted by Crippen LogP contribution is -2.46. The van der Waals surface area contributed by atoms with E-state index < -0.39 is 5.97 Å². The molecular weight excluding hydrogens is 326 g/mol. The van der Waals surface area contributed by atoms with Crippen molar-refractivity contribution in [1.29, 1.82) is 5.41 Å². The molecule has 0 unspecified atom stereocenters. The smallest absolute Gasteiger partial charge is 0.360 e. The van der Waals surface area contributed by atoms with E-state index in [1.165, 1.54) is 94.9 Å². The highest BCUT2D eigenvalue weighted by Gasteiger charge is 2.30. The Morgan fingerprint density at radius 2 is 1.19 bits per heavy atom. The van der Waals surface area contributed by atoms with Crippen molar-refractivity contribution in [3.05, 3.63) is 0 Å². The van der Waals surface area contributed by atoms with Crippen LogP contribution in [-0.2, 0) is 4.79 Å². The van der Waals surface area contributed by atoms with Gasteiger partial charge in [0.25, 0.3) is 0 Å². The lowest BCUT2D eigenvalue weighted by molar-refractivity contribution is -0.129. The monoisotopic (exact) mass is 365 g/mol. The average Bonchev–Trinajstić information content (AvgIpc) is 2.62. The van der Waals surface area contributed by atoms with Crippen molar-refractivity contribution in [1.82, 2.24) is 5.01 Å². The van der Waals surface area contributed by atoms with E-state index in [9.17, 15) is 4.79 Å². The molecule has 1 aliphatic rings. The van der Waals surface area contributed by atoms with E-state index in [4.69, 9.17) is 10.5 Å². The van der Waals surface area contributed by atoms with Crippen molar-refractivity contribution >= 4 is 17.5 Å². The van der Waals surface area contributed by atoms with Gasteiger partial charge in [0.1, 0.15) is 0 Å². The number of hydrazone groups is 1. The van der Waals surface area contributed by atoms with Crippen LogP contribution in [0.15, 0.2) is 5.10 Å². The highest BCUT2D eigenvalue weighted by molar-refractivity contribution is 6.66. The number of nitrogens with zero attached hydrogens (tertiary/aromatic N) is 2. The summed E-state index contributed by atoms with van der Waals surface area (Å²) in [6.45, 7) is 2.95. The van der Waals surface area contributed by atoms with Crippen LogP contribution in [0.4, 0.5) is 0 Å². The third-order valence-corrected chi connectivity index (χ3v) is 5.13. The summed E-state index contributed by atoms with van der Waals surface area (Å²) >= 11 is 0. The Hall–Kier alpha value is -1.39. The Balaban J connectivity index is 1.75. The third kappa shape index (κ3) is 9.93. The standard InChI is InChI=1S/C21H39N3O2/c1-2-3-4-5-6-7-8-9-10-11-12-13-14-15-16-17-18-24-20(22)19(23-24)21(25)26/h22H,2-18H2,1H3,(H,25,26). The van der Waals surface area contributed by atoms with Gasteiger partial charge in [-0.1, -0.05) is 103 Å². The highest BCUT2D eigenvalue weighted by Crippen LogP contribution is 2.14. The van der Waals surface area contributed by atoms with E-state index in [1.807, 2.05) is 0 Å². The van der Waals surface area contributed by atoms with Crippen molar-refractivity contribution in [2.24, 2.45) is 5.10 Å². The van der Waals surface area contributed by atoms with Crippen LogP contribution in [-0.4, -0.2) is 34.2 Å². The summed E-state index contributed by atoms with van der Waals surface area (Å²) in [5.41, 5.74) is -0.110. The number of rotatable bonds is 18. The molecule has 0 aromatic rings. The van der Waals surface area contributed by atoms with E-state index in [1.54, 1.807) is 0 Å². The first-order chi connectivity index (χ1) is 12.7. The molecule has 150 valence electrons. The second-order valence-corrected chi connectivity index (χ2v) is 7.53. The number of hydrogen-bond donors (Lipinski definition) is 2. The van der Waals surface area contributed by atoms with Gasteiger partial charge in [-0.15, -0.1) is 0 Å². The predicted molar refractivity (Wildman–Crippen MR) is 109 cm³/mol. The number of amidine groups is 1.